The molecule has 0 rings (SSSR count). The SMILES string of the molecule is OCCCC(F)(F)C(F)(F)C(F)(Cl)Cl. The van der Waals surface area contributed by atoms with Crippen LogP contribution in [0.25, 0.3) is 0 Å². The lowest BCUT2D eigenvalue weighted by Crippen LogP contribution is -2.50. The van der Waals surface area contributed by atoms with Gasteiger partial charge in [0.2, 0.25) is 0 Å². The maximum absolute atomic E-state index is 12.6. The summed E-state index contributed by atoms with van der Waals surface area (Å²) < 4.78 is 58.3. The summed E-state index contributed by atoms with van der Waals surface area (Å²) in [5, 5.41) is 8.16. The minimum absolute atomic E-state index is 0.605. The molecule has 0 heterocycles. The van der Waals surface area contributed by atoms with E-state index in [0.717, 1.165) is 0 Å². The molecule has 0 radical (unpaired) electrons. The minimum Gasteiger partial charge on any atom is -0.396 e. The molecule has 0 aliphatic carbocycles. The normalized spacial score (nSPS) is 14.6. The molecule has 86 valence electrons. The first-order valence-electron chi connectivity index (χ1n) is 3.49. The average Bonchev–Trinajstić information content (AvgIpc) is 1.98. The van der Waals surface area contributed by atoms with E-state index >= 15 is 0 Å². The molecule has 0 aromatic heterocycles. The molecule has 0 aliphatic heterocycles. The van der Waals surface area contributed by atoms with Gasteiger partial charge in [0.05, 0.1) is 0 Å². The van der Waals surface area contributed by atoms with Crippen LogP contribution in [-0.4, -0.2) is 28.1 Å². The van der Waals surface area contributed by atoms with E-state index in [0.29, 0.717) is 0 Å². The van der Waals surface area contributed by atoms with Crippen molar-refractivity contribution in [2.75, 3.05) is 6.61 Å². The van der Waals surface area contributed by atoms with Gasteiger partial charge in [-0.1, -0.05) is 23.2 Å². The van der Waals surface area contributed by atoms with Crippen LogP contribution in [-0.2, 0) is 0 Å². The van der Waals surface area contributed by atoms with Gasteiger partial charge in [-0.05, 0) is 6.42 Å². The zero-order valence-electron chi connectivity index (χ0n) is 6.71. The van der Waals surface area contributed by atoms with Crippen molar-refractivity contribution in [1.29, 1.82) is 0 Å². The maximum Gasteiger partial charge on any atom is 0.371 e. The predicted octanol–water partition coefficient (Wildman–Crippen LogP) is 3.13. The average molecular weight is 261 g/mol. The van der Waals surface area contributed by atoms with Crippen molar-refractivity contribution in [2.45, 2.75) is 29.3 Å². The molecule has 0 aromatic rings. The molecule has 0 unspecified atom stereocenters. The third kappa shape index (κ3) is 2.84. The summed E-state index contributed by atoms with van der Waals surface area (Å²) >= 11 is 8.59. The van der Waals surface area contributed by atoms with Crippen molar-refractivity contribution in [3.8, 4) is 0 Å². The molecule has 0 saturated heterocycles. The first-order chi connectivity index (χ1) is 6.06. The number of aliphatic hydroxyl groups is 1. The fourth-order valence-corrected chi connectivity index (χ4v) is 0.942. The van der Waals surface area contributed by atoms with Crippen molar-refractivity contribution >= 4 is 23.2 Å². The summed E-state index contributed by atoms with van der Waals surface area (Å²) in [6.45, 7) is -0.713. The van der Waals surface area contributed by atoms with Crippen molar-refractivity contribution < 1.29 is 27.1 Å². The summed E-state index contributed by atoms with van der Waals surface area (Å²) in [4.78, 5) is 0. The van der Waals surface area contributed by atoms with Crippen LogP contribution in [0.3, 0.4) is 0 Å². The number of alkyl halides is 7. The van der Waals surface area contributed by atoms with Crippen LogP contribution in [0.2, 0.25) is 0 Å². The molecule has 0 spiro atoms. The highest BCUT2D eigenvalue weighted by Crippen LogP contribution is 2.50. The number of rotatable bonds is 5. The van der Waals surface area contributed by atoms with E-state index in [1.165, 1.54) is 0 Å². The second-order valence-corrected chi connectivity index (χ2v) is 3.84. The number of hydrogen-bond acceptors (Lipinski definition) is 1. The van der Waals surface area contributed by atoms with Gasteiger partial charge in [0.25, 0.3) is 0 Å². The van der Waals surface area contributed by atoms with Crippen LogP contribution in [0.15, 0.2) is 0 Å². The fourth-order valence-electron chi connectivity index (χ4n) is 0.665. The number of halogens is 7. The Morgan fingerprint density at radius 1 is 1.00 bits per heavy atom. The zero-order chi connectivity index (χ0) is 11.6. The second kappa shape index (κ2) is 4.37. The van der Waals surface area contributed by atoms with Crippen LogP contribution < -0.4 is 0 Å². The Kier molecular flexibility index (Phi) is 4.42. The summed E-state index contributed by atoms with van der Waals surface area (Å²) in [6.07, 6.45) is -2.01. The minimum atomic E-state index is -5.20. The fraction of sp³-hybridized carbons (Fsp3) is 1.00. The molecule has 1 N–H and O–H groups in total. The maximum atomic E-state index is 12.6. The molecule has 0 saturated carbocycles. The van der Waals surface area contributed by atoms with Gasteiger partial charge in [0, 0.05) is 13.0 Å². The third-order valence-corrected chi connectivity index (χ3v) is 1.94. The quantitative estimate of drug-likeness (QED) is 0.595. The highest BCUT2D eigenvalue weighted by molar-refractivity contribution is 6.47. The Bertz CT molecular complexity index is 191. The van der Waals surface area contributed by atoms with Crippen molar-refractivity contribution in [3.05, 3.63) is 0 Å². The Hall–Kier alpha value is 0.190. The first kappa shape index (κ1) is 14.2. The summed E-state index contributed by atoms with van der Waals surface area (Å²) in [5.74, 6) is -9.90. The van der Waals surface area contributed by atoms with Gasteiger partial charge in [-0.25, -0.2) is 4.39 Å². The van der Waals surface area contributed by atoms with Gasteiger partial charge in [-0.2, -0.15) is 17.6 Å². The van der Waals surface area contributed by atoms with E-state index in [1.807, 2.05) is 0 Å². The van der Waals surface area contributed by atoms with E-state index in [-0.39, 0.29) is 0 Å². The van der Waals surface area contributed by atoms with Crippen molar-refractivity contribution in [3.63, 3.8) is 0 Å². The lowest BCUT2D eigenvalue weighted by Gasteiger charge is -2.30. The molecule has 1 nitrogen and oxygen atoms in total. The Morgan fingerprint density at radius 2 is 1.43 bits per heavy atom. The van der Waals surface area contributed by atoms with Gasteiger partial charge in [0.15, 0.2) is 0 Å². The van der Waals surface area contributed by atoms with Crippen LogP contribution >= 0.6 is 23.2 Å². The van der Waals surface area contributed by atoms with Gasteiger partial charge >= 0.3 is 16.4 Å². The van der Waals surface area contributed by atoms with Crippen LogP contribution in [0.5, 0.6) is 0 Å². The summed E-state index contributed by atoms with van der Waals surface area (Å²) in [6, 6.07) is 0. The van der Waals surface area contributed by atoms with Crippen LogP contribution in [0.4, 0.5) is 22.0 Å². The highest BCUT2D eigenvalue weighted by Gasteiger charge is 2.68. The standard InChI is InChI=1S/C6H7Cl2F5O/c7-6(8,13)5(11,12)4(9,10)2-1-3-14/h14H,1-3H2. The monoisotopic (exact) mass is 260 g/mol. The smallest absolute Gasteiger partial charge is 0.371 e. The third-order valence-electron chi connectivity index (χ3n) is 1.46. The molecule has 8 heteroatoms. The van der Waals surface area contributed by atoms with E-state index < -0.39 is 35.9 Å². The topological polar surface area (TPSA) is 20.2 Å². The predicted molar refractivity (Wildman–Crippen MR) is 41.8 cm³/mol. The van der Waals surface area contributed by atoms with E-state index in [1.54, 1.807) is 0 Å². The lowest BCUT2D eigenvalue weighted by atomic mass is 10.1. The number of hydrogen-bond donors (Lipinski definition) is 1. The molecule has 0 atom stereocenters. The molecule has 0 fully saturated rings. The van der Waals surface area contributed by atoms with Gasteiger partial charge in [0.1, 0.15) is 0 Å². The van der Waals surface area contributed by atoms with E-state index in [4.69, 9.17) is 5.11 Å². The van der Waals surface area contributed by atoms with E-state index in [9.17, 15) is 22.0 Å². The molecule has 0 bridgehead atoms. The van der Waals surface area contributed by atoms with Crippen LogP contribution in [0.1, 0.15) is 12.8 Å². The lowest BCUT2D eigenvalue weighted by molar-refractivity contribution is -0.236. The van der Waals surface area contributed by atoms with Crippen LogP contribution in [0, 0.1) is 0 Å². The number of aliphatic hydroxyl groups excluding tert-OH is 1. The first-order valence-corrected chi connectivity index (χ1v) is 4.25. The largest absolute Gasteiger partial charge is 0.396 e. The van der Waals surface area contributed by atoms with E-state index in [2.05, 4.69) is 23.2 Å². The zero-order valence-corrected chi connectivity index (χ0v) is 8.23. The Morgan fingerprint density at radius 3 is 1.71 bits per heavy atom. The van der Waals surface area contributed by atoms with Crippen molar-refractivity contribution in [2.24, 2.45) is 0 Å². The van der Waals surface area contributed by atoms with Gasteiger partial charge in [-0.3, -0.25) is 0 Å². The molecule has 0 aromatic carbocycles. The highest BCUT2D eigenvalue weighted by atomic mass is 35.5. The summed E-state index contributed by atoms with van der Waals surface area (Å²) in [7, 11) is 0. The van der Waals surface area contributed by atoms with Gasteiger partial charge in [-0.15, -0.1) is 0 Å². The Labute approximate surface area is 86.8 Å². The molecular weight excluding hydrogens is 254 g/mol. The van der Waals surface area contributed by atoms with Gasteiger partial charge < -0.3 is 5.11 Å². The molecular formula is C6H7Cl2F5O. The molecule has 14 heavy (non-hydrogen) atoms. The second-order valence-electron chi connectivity index (χ2n) is 2.60. The molecule has 0 amide bonds. The summed E-state index contributed by atoms with van der Waals surface area (Å²) in [5.41, 5.74) is 0. The molecule has 0 aliphatic rings. The van der Waals surface area contributed by atoms with Crippen molar-refractivity contribution in [1.82, 2.24) is 0 Å². The Balaban J connectivity index is 4.69.